The van der Waals surface area contributed by atoms with Gasteiger partial charge in [-0.1, -0.05) is 29.8 Å². The Labute approximate surface area is 150 Å². The van der Waals surface area contributed by atoms with Crippen LogP contribution >= 0.6 is 11.6 Å². The first kappa shape index (κ1) is 19.0. The summed E-state index contributed by atoms with van der Waals surface area (Å²) in [5, 5.41) is 4.19. The lowest BCUT2D eigenvalue weighted by molar-refractivity contribution is 0.00990. The Kier molecular flexibility index (Phi) is 8.36. The van der Waals surface area contributed by atoms with Crippen LogP contribution in [0.15, 0.2) is 29.3 Å². The van der Waals surface area contributed by atoms with Gasteiger partial charge in [0, 0.05) is 52.0 Å². The molecule has 1 fully saturated rings. The standard InChI is InChI=1S/C18H28ClN3O2/c1-20-18(21-14-15-6-3-4-7-17(15)19)22-10-8-16(9-11-22)24-13-5-12-23-2/h3-4,6-7,16H,5,8-14H2,1-2H3,(H,20,21). The maximum absolute atomic E-state index is 6.21. The van der Waals surface area contributed by atoms with Gasteiger partial charge < -0.3 is 19.7 Å². The Morgan fingerprint density at radius 2 is 2.04 bits per heavy atom. The highest BCUT2D eigenvalue weighted by molar-refractivity contribution is 6.31. The molecular weight excluding hydrogens is 326 g/mol. The monoisotopic (exact) mass is 353 g/mol. The molecule has 0 saturated carbocycles. The van der Waals surface area contributed by atoms with E-state index in [0.29, 0.717) is 12.6 Å². The van der Waals surface area contributed by atoms with Crippen LogP contribution in [0.25, 0.3) is 0 Å². The first-order valence-electron chi connectivity index (χ1n) is 8.54. The zero-order valence-corrected chi connectivity index (χ0v) is 15.4. The number of guanidine groups is 1. The molecule has 0 amide bonds. The van der Waals surface area contributed by atoms with Crippen LogP contribution < -0.4 is 5.32 Å². The van der Waals surface area contributed by atoms with E-state index in [4.69, 9.17) is 21.1 Å². The van der Waals surface area contributed by atoms with E-state index in [-0.39, 0.29) is 0 Å². The molecule has 0 atom stereocenters. The van der Waals surface area contributed by atoms with Crippen LogP contribution in [0.4, 0.5) is 0 Å². The van der Waals surface area contributed by atoms with Crippen molar-refractivity contribution in [3.05, 3.63) is 34.9 Å². The molecule has 0 bridgehead atoms. The summed E-state index contributed by atoms with van der Waals surface area (Å²) in [6, 6.07) is 7.88. The number of ether oxygens (including phenoxy) is 2. The summed E-state index contributed by atoms with van der Waals surface area (Å²) in [5.41, 5.74) is 1.08. The molecular formula is C18H28ClN3O2. The van der Waals surface area contributed by atoms with Crippen molar-refractivity contribution in [3.8, 4) is 0 Å². The fourth-order valence-electron chi connectivity index (χ4n) is 2.84. The second-order valence-corrected chi connectivity index (χ2v) is 6.30. The molecule has 1 saturated heterocycles. The molecule has 0 aliphatic carbocycles. The van der Waals surface area contributed by atoms with Crippen LogP contribution in [0, 0.1) is 0 Å². The Bertz CT molecular complexity index is 517. The van der Waals surface area contributed by atoms with Gasteiger partial charge in [0.1, 0.15) is 0 Å². The Morgan fingerprint density at radius 3 is 2.71 bits per heavy atom. The van der Waals surface area contributed by atoms with Crippen LogP contribution in [-0.4, -0.2) is 57.4 Å². The smallest absolute Gasteiger partial charge is 0.193 e. The van der Waals surface area contributed by atoms with E-state index in [2.05, 4.69) is 15.2 Å². The summed E-state index contributed by atoms with van der Waals surface area (Å²) < 4.78 is 11.0. The third kappa shape index (κ3) is 5.96. The van der Waals surface area contributed by atoms with Gasteiger partial charge >= 0.3 is 0 Å². The lowest BCUT2D eigenvalue weighted by Crippen LogP contribution is -2.46. The number of hydrogen-bond donors (Lipinski definition) is 1. The predicted octanol–water partition coefficient (Wildman–Crippen LogP) is 2.93. The molecule has 5 nitrogen and oxygen atoms in total. The number of rotatable bonds is 7. The average Bonchev–Trinajstić information content (AvgIpc) is 2.62. The zero-order valence-electron chi connectivity index (χ0n) is 14.6. The summed E-state index contributed by atoms with van der Waals surface area (Å²) in [7, 11) is 3.54. The Hall–Kier alpha value is -1.30. The summed E-state index contributed by atoms with van der Waals surface area (Å²) in [6.45, 7) is 4.13. The second kappa shape index (κ2) is 10.5. The number of piperidine rings is 1. The topological polar surface area (TPSA) is 46.1 Å². The third-order valence-corrected chi connectivity index (χ3v) is 4.56. The van der Waals surface area contributed by atoms with Gasteiger partial charge in [-0.2, -0.15) is 0 Å². The Balaban J connectivity index is 1.74. The number of halogens is 1. The number of aliphatic imine (C=N–C) groups is 1. The molecule has 1 aliphatic rings. The normalized spacial score (nSPS) is 16.5. The van der Waals surface area contributed by atoms with Crippen molar-refractivity contribution >= 4 is 17.6 Å². The molecule has 0 radical (unpaired) electrons. The number of nitrogens with one attached hydrogen (secondary N) is 1. The molecule has 1 aromatic carbocycles. The number of nitrogens with zero attached hydrogens (tertiary/aromatic N) is 2. The maximum atomic E-state index is 6.21. The summed E-state index contributed by atoms with van der Waals surface area (Å²) in [4.78, 5) is 6.68. The van der Waals surface area contributed by atoms with Gasteiger partial charge in [-0.15, -0.1) is 0 Å². The maximum Gasteiger partial charge on any atom is 0.193 e. The van der Waals surface area contributed by atoms with Gasteiger partial charge in [0.15, 0.2) is 5.96 Å². The lowest BCUT2D eigenvalue weighted by atomic mass is 10.1. The van der Waals surface area contributed by atoms with Crippen LogP contribution in [-0.2, 0) is 16.0 Å². The number of methoxy groups -OCH3 is 1. The zero-order chi connectivity index (χ0) is 17.2. The van der Waals surface area contributed by atoms with Crippen LogP contribution in [0.3, 0.4) is 0 Å². The van der Waals surface area contributed by atoms with Gasteiger partial charge in [-0.25, -0.2) is 0 Å². The van der Waals surface area contributed by atoms with Crippen molar-refractivity contribution < 1.29 is 9.47 Å². The number of benzene rings is 1. The molecule has 1 aliphatic heterocycles. The van der Waals surface area contributed by atoms with Crippen molar-refractivity contribution in [1.29, 1.82) is 0 Å². The fourth-order valence-corrected chi connectivity index (χ4v) is 3.04. The van der Waals surface area contributed by atoms with Crippen molar-refractivity contribution in [2.75, 3.05) is 40.5 Å². The minimum absolute atomic E-state index is 0.347. The predicted molar refractivity (Wildman–Crippen MR) is 98.7 cm³/mol. The SMILES string of the molecule is CN=C(NCc1ccccc1Cl)N1CCC(OCCCOC)CC1. The number of likely N-dealkylation sites (tertiary alicyclic amines) is 1. The van der Waals surface area contributed by atoms with Gasteiger partial charge in [-0.3, -0.25) is 4.99 Å². The minimum atomic E-state index is 0.347. The van der Waals surface area contributed by atoms with Crippen molar-refractivity contribution in [2.24, 2.45) is 4.99 Å². The fraction of sp³-hybridized carbons (Fsp3) is 0.611. The highest BCUT2D eigenvalue weighted by Gasteiger charge is 2.21. The molecule has 1 heterocycles. The van der Waals surface area contributed by atoms with Gasteiger partial charge in [0.2, 0.25) is 0 Å². The highest BCUT2D eigenvalue weighted by atomic mass is 35.5. The van der Waals surface area contributed by atoms with E-state index in [1.807, 2.05) is 31.3 Å². The van der Waals surface area contributed by atoms with E-state index in [9.17, 15) is 0 Å². The van der Waals surface area contributed by atoms with Crippen molar-refractivity contribution in [3.63, 3.8) is 0 Å². The van der Waals surface area contributed by atoms with Crippen molar-refractivity contribution in [1.82, 2.24) is 10.2 Å². The largest absolute Gasteiger partial charge is 0.385 e. The molecule has 1 aromatic rings. The van der Waals surface area contributed by atoms with Gasteiger partial charge in [-0.05, 0) is 30.9 Å². The first-order valence-corrected chi connectivity index (χ1v) is 8.92. The first-order chi connectivity index (χ1) is 11.7. The molecule has 0 unspecified atom stereocenters. The molecule has 0 aromatic heterocycles. The molecule has 2 rings (SSSR count). The van der Waals surface area contributed by atoms with Crippen LogP contribution in [0.1, 0.15) is 24.8 Å². The van der Waals surface area contributed by atoms with E-state index >= 15 is 0 Å². The quantitative estimate of drug-likeness (QED) is 0.465. The highest BCUT2D eigenvalue weighted by Crippen LogP contribution is 2.16. The third-order valence-electron chi connectivity index (χ3n) is 4.19. The van der Waals surface area contributed by atoms with E-state index in [1.165, 1.54) is 0 Å². The second-order valence-electron chi connectivity index (χ2n) is 5.90. The Morgan fingerprint density at radius 1 is 1.29 bits per heavy atom. The van der Waals surface area contributed by atoms with Gasteiger partial charge in [0.25, 0.3) is 0 Å². The van der Waals surface area contributed by atoms with E-state index in [0.717, 1.165) is 62.1 Å². The van der Waals surface area contributed by atoms with Crippen LogP contribution in [0.2, 0.25) is 5.02 Å². The minimum Gasteiger partial charge on any atom is -0.385 e. The molecule has 134 valence electrons. The summed E-state index contributed by atoms with van der Waals surface area (Å²) in [5.74, 6) is 0.924. The van der Waals surface area contributed by atoms with Gasteiger partial charge in [0.05, 0.1) is 6.10 Å². The van der Waals surface area contributed by atoms with Crippen LogP contribution in [0.5, 0.6) is 0 Å². The summed E-state index contributed by atoms with van der Waals surface area (Å²) in [6.07, 6.45) is 3.36. The molecule has 0 spiro atoms. The summed E-state index contributed by atoms with van der Waals surface area (Å²) >= 11 is 6.21. The molecule has 1 N–H and O–H groups in total. The lowest BCUT2D eigenvalue weighted by Gasteiger charge is -2.34. The molecule has 6 heteroatoms. The number of hydrogen-bond acceptors (Lipinski definition) is 3. The average molecular weight is 354 g/mol. The van der Waals surface area contributed by atoms with Crippen molar-refractivity contribution in [2.45, 2.75) is 31.9 Å². The molecule has 24 heavy (non-hydrogen) atoms. The van der Waals surface area contributed by atoms with E-state index in [1.54, 1.807) is 7.11 Å². The van der Waals surface area contributed by atoms with E-state index < -0.39 is 0 Å².